The van der Waals surface area contributed by atoms with Gasteiger partial charge in [0, 0.05) is 11.5 Å². The molecule has 1 aromatic carbocycles. The van der Waals surface area contributed by atoms with Gasteiger partial charge in [-0.15, -0.1) is 6.58 Å². The molecule has 0 N–H and O–H groups in total. The van der Waals surface area contributed by atoms with Gasteiger partial charge in [0.15, 0.2) is 11.5 Å². The van der Waals surface area contributed by atoms with Crippen LogP contribution < -0.4 is 14.2 Å². The molecular formula is C17H20O5. The third kappa shape index (κ3) is 3.19. The first kappa shape index (κ1) is 15.8. The summed E-state index contributed by atoms with van der Waals surface area (Å²) in [6.45, 7) is 4.22. The Morgan fingerprint density at radius 2 is 1.73 bits per heavy atom. The van der Waals surface area contributed by atoms with E-state index in [0.717, 1.165) is 17.2 Å². The average Bonchev–Trinajstić information content (AvgIpc) is 2.90. The van der Waals surface area contributed by atoms with Crippen LogP contribution in [0.3, 0.4) is 0 Å². The largest absolute Gasteiger partial charge is 0.501 e. The highest BCUT2D eigenvalue weighted by Crippen LogP contribution is 2.40. The van der Waals surface area contributed by atoms with Crippen LogP contribution in [0.1, 0.15) is 12.2 Å². The number of hydrogen-bond donors (Lipinski definition) is 0. The molecule has 0 radical (unpaired) electrons. The third-order valence-corrected chi connectivity index (χ3v) is 3.15. The second-order valence-corrected chi connectivity index (χ2v) is 4.46. The number of furan rings is 1. The molecule has 5 nitrogen and oxygen atoms in total. The molecule has 0 unspecified atom stereocenters. The standard InChI is InChI=1S/C17H20O5/c1-5-6-8-21-9-7-14-12-10-15(18-2)16(19-3)11-13(12)17(20-4)22-14/h5,7,9-11H,1,6,8H2,2-4H3/b9-7+. The molecule has 118 valence electrons. The fourth-order valence-electron chi connectivity index (χ4n) is 2.07. The maximum atomic E-state index is 5.70. The fourth-order valence-corrected chi connectivity index (χ4v) is 2.07. The van der Waals surface area contributed by atoms with Crippen LogP contribution in [-0.2, 0) is 4.74 Å². The van der Waals surface area contributed by atoms with Crippen LogP contribution in [0.15, 0.2) is 35.5 Å². The second kappa shape index (κ2) is 7.45. The summed E-state index contributed by atoms with van der Waals surface area (Å²) in [7, 11) is 4.74. The highest BCUT2D eigenvalue weighted by molar-refractivity contribution is 5.95. The Morgan fingerprint density at radius 3 is 2.32 bits per heavy atom. The van der Waals surface area contributed by atoms with E-state index in [0.29, 0.717) is 29.8 Å². The zero-order chi connectivity index (χ0) is 15.9. The van der Waals surface area contributed by atoms with Crippen LogP contribution in [0.25, 0.3) is 16.8 Å². The van der Waals surface area contributed by atoms with E-state index in [1.807, 2.05) is 12.1 Å². The molecule has 0 atom stereocenters. The molecule has 0 aliphatic rings. The number of hydrogen-bond acceptors (Lipinski definition) is 5. The van der Waals surface area contributed by atoms with E-state index in [2.05, 4.69) is 6.58 Å². The van der Waals surface area contributed by atoms with Gasteiger partial charge in [0.2, 0.25) is 0 Å². The van der Waals surface area contributed by atoms with Gasteiger partial charge in [-0.3, -0.25) is 0 Å². The van der Waals surface area contributed by atoms with Gasteiger partial charge < -0.3 is 23.4 Å². The van der Waals surface area contributed by atoms with Crippen molar-refractivity contribution in [2.24, 2.45) is 0 Å². The van der Waals surface area contributed by atoms with Crippen LogP contribution in [0, 0.1) is 0 Å². The molecule has 0 amide bonds. The van der Waals surface area contributed by atoms with Gasteiger partial charge in [-0.25, -0.2) is 0 Å². The Labute approximate surface area is 129 Å². The van der Waals surface area contributed by atoms with Crippen molar-refractivity contribution in [2.45, 2.75) is 6.42 Å². The van der Waals surface area contributed by atoms with Gasteiger partial charge in [-0.1, -0.05) is 6.08 Å². The molecule has 22 heavy (non-hydrogen) atoms. The molecule has 0 aliphatic heterocycles. The highest BCUT2D eigenvalue weighted by Gasteiger charge is 2.16. The van der Waals surface area contributed by atoms with Crippen LogP contribution in [0.2, 0.25) is 0 Å². The molecular weight excluding hydrogens is 284 g/mol. The highest BCUT2D eigenvalue weighted by atomic mass is 16.6. The summed E-state index contributed by atoms with van der Waals surface area (Å²) in [5.74, 6) is 2.29. The number of methoxy groups -OCH3 is 3. The lowest BCUT2D eigenvalue weighted by Crippen LogP contribution is -1.90. The van der Waals surface area contributed by atoms with E-state index in [-0.39, 0.29) is 0 Å². The number of fused-ring (bicyclic) bond motifs is 1. The van der Waals surface area contributed by atoms with Crippen molar-refractivity contribution < 1.29 is 23.4 Å². The van der Waals surface area contributed by atoms with E-state index < -0.39 is 0 Å². The van der Waals surface area contributed by atoms with E-state index in [1.54, 1.807) is 39.7 Å². The topological polar surface area (TPSA) is 50.1 Å². The average molecular weight is 304 g/mol. The second-order valence-electron chi connectivity index (χ2n) is 4.46. The predicted octanol–water partition coefficient (Wildman–Crippen LogP) is 4.02. The first-order valence-electron chi connectivity index (χ1n) is 6.86. The van der Waals surface area contributed by atoms with Crippen molar-refractivity contribution in [2.75, 3.05) is 27.9 Å². The first-order chi connectivity index (χ1) is 10.7. The predicted molar refractivity (Wildman–Crippen MR) is 85.7 cm³/mol. The summed E-state index contributed by atoms with van der Waals surface area (Å²) in [4.78, 5) is 0. The zero-order valence-corrected chi connectivity index (χ0v) is 13.0. The van der Waals surface area contributed by atoms with Gasteiger partial charge in [-0.2, -0.15) is 0 Å². The Hall–Kier alpha value is -2.56. The van der Waals surface area contributed by atoms with Gasteiger partial charge in [0.25, 0.3) is 5.95 Å². The molecule has 0 aliphatic carbocycles. The van der Waals surface area contributed by atoms with Gasteiger partial charge in [-0.05, 0) is 18.6 Å². The summed E-state index contributed by atoms with van der Waals surface area (Å²) in [5.41, 5.74) is 0. The SMILES string of the molecule is C=CCCO/C=C/c1oc(OC)c2cc(OC)c(OC)cc12. The molecule has 1 aromatic heterocycles. The molecule has 0 spiro atoms. The van der Waals surface area contributed by atoms with Crippen LogP contribution in [0.5, 0.6) is 17.4 Å². The minimum absolute atomic E-state index is 0.418. The molecule has 2 aromatic rings. The first-order valence-corrected chi connectivity index (χ1v) is 6.86. The van der Waals surface area contributed by atoms with E-state index in [9.17, 15) is 0 Å². The maximum Gasteiger partial charge on any atom is 0.292 e. The van der Waals surface area contributed by atoms with E-state index in [1.165, 1.54) is 0 Å². The molecule has 0 saturated heterocycles. The normalized spacial score (nSPS) is 10.9. The molecule has 1 heterocycles. The minimum Gasteiger partial charge on any atom is -0.501 e. The molecule has 2 rings (SSSR count). The van der Waals surface area contributed by atoms with Crippen molar-refractivity contribution >= 4 is 16.8 Å². The maximum absolute atomic E-state index is 5.70. The third-order valence-electron chi connectivity index (χ3n) is 3.15. The smallest absolute Gasteiger partial charge is 0.292 e. The van der Waals surface area contributed by atoms with Crippen molar-refractivity contribution in [1.29, 1.82) is 0 Å². The van der Waals surface area contributed by atoms with Gasteiger partial charge >= 0.3 is 0 Å². The van der Waals surface area contributed by atoms with Crippen molar-refractivity contribution in [3.63, 3.8) is 0 Å². The summed E-state index contributed by atoms with van der Waals surface area (Å²) >= 11 is 0. The summed E-state index contributed by atoms with van der Waals surface area (Å²) < 4.78 is 27.0. The number of ether oxygens (including phenoxy) is 4. The van der Waals surface area contributed by atoms with Crippen LogP contribution in [-0.4, -0.2) is 27.9 Å². The zero-order valence-electron chi connectivity index (χ0n) is 13.0. The molecule has 5 heteroatoms. The Balaban J connectivity index is 2.39. The Morgan fingerprint density at radius 1 is 1.05 bits per heavy atom. The van der Waals surface area contributed by atoms with E-state index >= 15 is 0 Å². The number of rotatable bonds is 8. The Kier molecular flexibility index (Phi) is 5.36. The lowest BCUT2D eigenvalue weighted by molar-refractivity contribution is 0.258. The fraction of sp³-hybridized carbons (Fsp3) is 0.294. The summed E-state index contributed by atoms with van der Waals surface area (Å²) in [5, 5.41) is 1.67. The van der Waals surface area contributed by atoms with Gasteiger partial charge in [0.05, 0.1) is 39.6 Å². The van der Waals surface area contributed by atoms with Crippen LogP contribution >= 0.6 is 0 Å². The van der Waals surface area contributed by atoms with Crippen molar-refractivity contribution in [3.05, 3.63) is 36.8 Å². The Bertz CT molecular complexity index is 669. The molecule has 0 fully saturated rings. The molecule has 0 bridgehead atoms. The number of benzene rings is 1. The minimum atomic E-state index is 0.418. The van der Waals surface area contributed by atoms with Gasteiger partial charge in [0.1, 0.15) is 5.76 Å². The summed E-state index contributed by atoms with van der Waals surface area (Å²) in [6.07, 6.45) is 5.94. The van der Waals surface area contributed by atoms with Crippen molar-refractivity contribution in [1.82, 2.24) is 0 Å². The quantitative estimate of drug-likeness (QED) is 0.419. The lowest BCUT2D eigenvalue weighted by atomic mass is 10.1. The monoisotopic (exact) mass is 304 g/mol. The molecule has 0 saturated carbocycles. The lowest BCUT2D eigenvalue weighted by Gasteiger charge is -2.07. The summed E-state index contributed by atoms with van der Waals surface area (Å²) in [6, 6.07) is 3.68. The van der Waals surface area contributed by atoms with Crippen LogP contribution in [0.4, 0.5) is 0 Å². The van der Waals surface area contributed by atoms with E-state index in [4.69, 9.17) is 23.4 Å². The van der Waals surface area contributed by atoms with Crippen molar-refractivity contribution in [3.8, 4) is 17.4 Å².